The highest BCUT2D eigenvalue weighted by atomic mass is 16.5. The summed E-state index contributed by atoms with van der Waals surface area (Å²) in [6.45, 7) is 5.74. The van der Waals surface area contributed by atoms with Crippen LogP contribution < -0.4 is 19.3 Å². The minimum absolute atomic E-state index is 0.0329. The van der Waals surface area contributed by atoms with Crippen LogP contribution in [0.25, 0.3) is 17.0 Å². The number of imide groups is 1. The topological polar surface area (TPSA) is 91.4 Å². The molecule has 37 heavy (non-hydrogen) atoms. The molecule has 3 heterocycles. The van der Waals surface area contributed by atoms with E-state index in [1.807, 2.05) is 51.1 Å². The number of aryl methyl sites for hydroxylation is 1. The molecule has 0 atom stereocenters. The largest absolute Gasteiger partial charge is 0.858 e. The number of ether oxygens (including phenoxy) is 1. The molecule has 0 saturated heterocycles. The van der Waals surface area contributed by atoms with Crippen molar-refractivity contribution in [1.82, 2.24) is 9.78 Å². The van der Waals surface area contributed by atoms with Crippen LogP contribution in [0.4, 0.5) is 5.69 Å². The first kappa shape index (κ1) is 24.0. The van der Waals surface area contributed by atoms with Crippen LogP contribution >= 0.6 is 0 Å². The first-order valence-electron chi connectivity index (χ1n) is 11.9. The zero-order valence-corrected chi connectivity index (χ0v) is 21.0. The third kappa shape index (κ3) is 4.06. The predicted molar refractivity (Wildman–Crippen MR) is 137 cm³/mol. The minimum atomic E-state index is -0.579. The summed E-state index contributed by atoms with van der Waals surface area (Å²) in [5.41, 5.74) is 2.67. The third-order valence-corrected chi connectivity index (χ3v) is 6.31. The lowest BCUT2D eigenvalue weighted by Crippen LogP contribution is -2.39. The second kappa shape index (κ2) is 9.39. The van der Waals surface area contributed by atoms with Gasteiger partial charge in [-0.1, -0.05) is 32.0 Å². The molecule has 1 aliphatic rings. The number of anilines is 1. The number of hydrogen-bond donors (Lipinski definition) is 0. The quantitative estimate of drug-likeness (QED) is 0.302. The van der Waals surface area contributed by atoms with Gasteiger partial charge in [-0.25, -0.2) is 9.58 Å². The van der Waals surface area contributed by atoms with E-state index in [0.29, 0.717) is 22.8 Å². The highest BCUT2D eigenvalue weighted by Crippen LogP contribution is 2.40. The lowest BCUT2D eigenvalue weighted by Gasteiger charge is -2.16. The molecule has 186 valence electrons. The molecule has 0 aliphatic carbocycles. The van der Waals surface area contributed by atoms with Gasteiger partial charge >= 0.3 is 5.91 Å². The normalized spacial score (nSPS) is 13.7. The Morgan fingerprint density at radius 1 is 0.892 bits per heavy atom. The zero-order valence-electron chi connectivity index (χ0n) is 21.0. The summed E-state index contributed by atoms with van der Waals surface area (Å²) in [5, 5.41) is 18.5. The van der Waals surface area contributed by atoms with Crippen LogP contribution in [0.3, 0.4) is 0 Å². The van der Waals surface area contributed by atoms with Crippen molar-refractivity contribution in [2.45, 2.75) is 26.7 Å². The van der Waals surface area contributed by atoms with Gasteiger partial charge in [0, 0.05) is 17.7 Å². The van der Waals surface area contributed by atoms with E-state index in [1.165, 1.54) is 4.68 Å². The molecule has 0 fully saturated rings. The number of pyridine rings is 1. The summed E-state index contributed by atoms with van der Waals surface area (Å²) in [4.78, 5) is 29.0. The van der Waals surface area contributed by atoms with Gasteiger partial charge in [-0.2, -0.15) is 9.67 Å². The summed E-state index contributed by atoms with van der Waals surface area (Å²) in [7, 11) is 1.54. The van der Waals surface area contributed by atoms with Crippen LogP contribution in [0, 0.1) is 6.92 Å². The molecule has 5 rings (SSSR count). The molecule has 0 spiro atoms. The summed E-state index contributed by atoms with van der Waals surface area (Å²) in [5.74, 6) is -1.14. The standard InChI is InChI=1S/C29H26N4O4/c1-18(2)25-23(28(35)33(30-25)21-8-6-5-7-9-21)24-26(31-16-14-19(3)15-17-31)29(36)32(27(24)34)20-10-12-22(37-4)13-11-20/h5-18H,1-4H3. The number of carbonyl (C=O) groups excluding carboxylic acids is 2. The van der Waals surface area contributed by atoms with Gasteiger partial charge in [0.25, 0.3) is 11.6 Å². The lowest BCUT2D eigenvalue weighted by molar-refractivity contribution is -0.576. The molecule has 8 nitrogen and oxygen atoms in total. The lowest BCUT2D eigenvalue weighted by atomic mass is 9.98. The van der Waals surface area contributed by atoms with E-state index < -0.39 is 17.7 Å². The molecule has 0 unspecified atom stereocenters. The van der Waals surface area contributed by atoms with Crippen LogP contribution in [0.15, 0.2) is 79.1 Å². The average molecular weight is 495 g/mol. The summed E-state index contributed by atoms with van der Waals surface area (Å²) >= 11 is 0. The second-order valence-corrected chi connectivity index (χ2v) is 9.12. The molecule has 0 N–H and O–H groups in total. The van der Waals surface area contributed by atoms with Crippen molar-refractivity contribution in [3.8, 4) is 17.3 Å². The smallest absolute Gasteiger partial charge is 0.331 e. The first-order chi connectivity index (χ1) is 17.8. The Morgan fingerprint density at radius 3 is 2.14 bits per heavy atom. The zero-order chi connectivity index (χ0) is 26.3. The van der Waals surface area contributed by atoms with Gasteiger partial charge in [0.1, 0.15) is 11.3 Å². The van der Waals surface area contributed by atoms with Crippen molar-refractivity contribution in [3.63, 3.8) is 0 Å². The Balaban J connectivity index is 1.76. The van der Waals surface area contributed by atoms with Crippen molar-refractivity contribution in [1.29, 1.82) is 0 Å². The maximum atomic E-state index is 14.0. The van der Waals surface area contributed by atoms with E-state index in [9.17, 15) is 14.7 Å². The molecule has 8 heteroatoms. The number of benzene rings is 2. The van der Waals surface area contributed by atoms with E-state index in [0.717, 1.165) is 10.5 Å². The number of para-hydroxylation sites is 1. The average Bonchev–Trinajstić information content (AvgIpc) is 3.38. The number of nitrogens with zero attached hydrogens (tertiary/aromatic N) is 4. The molecule has 2 amide bonds. The predicted octanol–water partition coefficient (Wildman–Crippen LogP) is 3.62. The molecule has 0 radical (unpaired) electrons. The Kier molecular flexibility index (Phi) is 6.09. The van der Waals surface area contributed by atoms with Crippen molar-refractivity contribution in [2.75, 3.05) is 12.0 Å². The maximum Gasteiger partial charge on any atom is 0.331 e. The van der Waals surface area contributed by atoms with E-state index >= 15 is 0 Å². The van der Waals surface area contributed by atoms with Gasteiger partial charge in [0.05, 0.1) is 24.2 Å². The van der Waals surface area contributed by atoms with E-state index in [-0.39, 0.29) is 22.8 Å². The highest BCUT2D eigenvalue weighted by Gasteiger charge is 2.47. The second-order valence-electron chi connectivity index (χ2n) is 9.12. The SMILES string of the molecule is COc1ccc(N2C(=O)C(c3c(C(C)C)nn(-c4ccccc4)c3[O-])=C([n+]3ccc(C)cc3)C2=O)cc1. The van der Waals surface area contributed by atoms with E-state index in [4.69, 9.17) is 4.74 Å². The summed E-state index contributed by atoms with van der Waals surface area (Å²) in [6.07, 6.45) is 3.43. The third-order valence-electron chi connectivity index (χ3n) is 6.31. The van der Waals surface area contributed by atoms with Gasteiger partial charge in [0.2, 0.25) is 0 Å². The Morgan fingerprint density at radius 2 is 1.54 bits per heavy atom. The Bertz CT molecular complexity index is 1520. The Hall–Kier alpha value is -4.72. The van der Waals surface area contributed by atoms with Crippen molar-refractivity contribution >= 4 is 28.8 Å². The van der Waals surface area contributed by atoms with Crippen LogP contribution in [-0.2, 0) is 9.59 Å². The number of amides is 2. The molecule has 0 bridgehead atoms. The van der Waals surface area contributed by atoms with Gasteiger partial charge in [0.15, 0.2) is 12.4 Å². The van der Waals surface area contributed by atoms with Crippen LogP contribution in [-0.4, -0.2) is 28.7 Å². The van der Waals surface area contributed by atoms with Crippen molar-refractivity contribution in [3.05, 3.63) is 95.9 Å². The van der Waals surface area contributed by atoms with Crippen LogP contribution in [0.2, 0.25) is 0 Å². The summed E-state index contributed by atoms with van der Waals surface area (Å²) in [6, 6.07) is 19.4. The fourth-order valence-corrected chi connectivity index (χ4v) is 4.40. The van der Waals surface area contributed by atoms with Crippen LogP contribution in [0.5, 0.6) is 11.6 Å². The van der Waals surface area contributed by atoms with Crippen molar-refractivity contribution in [2.24, 2.45) is 0 Å². The van der Waals surface area contributed by atoms with Crippen LogP contribution in [0.1, 0.15) is 36.6 Å². The maximum absolute atomic E-state index is 14.0. The number of hydrogen-bond acceptors (Lipinski definition) is 5. The first-order valence-corrected chi connectivity index (χ1v) is 11.9. The van der Waals surface area contributed by atoms with E-state index in [2.05, 4.69) is 5.10 Å². The van der Waals surface area contributed by atoms with E-state index in [1.54, 1.807) is 60.5 Å². The molecule has 2 aromatic carbocycles. The highest BCUT2D eigenvalue weighted by molar-refractivity contribution is 6.53. The fourth-order valence-electron chi connectivity index (χ4n) is 4.40. The molecular weight excluding hydrogens is 468 g/mol. The van der Waals surface area contributed by atoms with Gasteiger partial charge in [-0.05, 0) is 60.7 Å². The molecule has 0 saturated carbocycles. The molecule has 2 aromatic heterocycles. The van der Waals surface area contributed by atoms with Gasteiger partial charge in [-0.3, -0.25) is 9.59 Å². The Labute approximate surface area is 214 Å². The number of carbonyl (C=O) groups is 2. The van der Waals surface area contributed by atoms with Gasteiger partial charge < -0.3 is 9.84 Å². The molecule has 1 aliphatic heterocycles. The monoisotopic (exact) mass is 494 g/mol. The fraction of sp³-hybridized carbons (Fsp3) is 0.172. The van der Waals surface area contributed by atoms with Crippen molar-refractivity contribution < 1.29 is 24.0 Å². The number of methoxy groups -OCH3 is 1. The minimum Gasteiger partial charge on any atom is -0.858 e. The number of rotatable bonds is 6. The van der Waals surface area contributed by atoms with Gasteiger partial charge in [-0.15, -0.1) is 0 Å². The molecular formula is C29H26N4O4. The number of aromatic nitrogens is 3. The molecule has 4 aromatic rings. The summed E-state index contributed by atoms with van der Waals surface area (Å²) < 4.78 is 8.11.